The molecule has 0 unspecified atom stereocenters. The van der Waals surface area contributed by atoms with Gasteiger partial charge in [-0.2, -0.15) is 4.98 Å². The molecule has 0 atom stereocenters. The summed E-state index contributed by atoms with van der Waals surface area (Å²) >= 11 is 0. The van der Waals surface area contributed by atoms with Crippen LogP contribution in [0.5, 0.6) is 0 Å². The van der Waals surface area contributed by atoms with Crippen molar-refractivity contribution >= 4 is 11.5 Å². The smallest absolute Gasteiger partial charge is 0.353 e. The van der Waals surface area contributed by atoms with Gasteiger partial charge in [-0.25, -0.2) is 4.79 Å². The zero-order valence-electron chi connectivity index (χ0n) is 5.82. The predicted molar refractivity (Wildman–Crippen MR) is 41.8 cm³/mol. The summed E-state index contributed by atoms with van der Waals surface area (Å²) < 4.78 is 1.50. The fourth-order valence-corrected chi connectivity index (χ4v) is 0.877. The Labute approximate surface area is 63.0 Å². The van der Waals surface area contributed by atoms with Gasteiger partial charge in [-0.05, 0) is 6.07 Å². The summed E-state index contributed by atoms with van der Waals surface area (Å²) in [5, 5.41) is 0. The SMILES string of the molecule is Nc1ccn(C2=CC2)c(=O)n1. The molecule has 56 valence electrons. The molecule has 0 fully saturated rings. The fourth-order valence-electron chi connectivity index (χ4n) is 0.877. The van der Waals surface area contributed by atoms with Gasteiger partial charge in [0.05, 0.1) is 0 Å². The summed E-state index contributed by atoms with van der Waals surface area (Å²) in [5.74, 6) is 0.271. The third kappa shape index (κ3) is 1.02. The number of rotatable bonds is 1. The molecule has 2 N–H and O–H groups in total. The minimum atomic E-state index is -0.297. The van der Waals surface area contributed by atoms with E-state index in [1.165, 1.54) is 4.57 Å². The highest BCUT2D eigenvalue weighted by Gasteiger charge is 2.11. The summed E-state index contributed by atoms with van der Waals surface area (Å²) in [6, 6.07) is 1.61. The van der Waals surface area contributed by atoms with E-state index >= 15 is 0 Å². The van der Waals surface area contributed by atoms with E-state index in [4.69, 9.17) is 5.73 Å². The number of allylic oxidation sites excluding steroid dienone is 2. The summed E-state index contributed by atoms with van der Waals surface area (Å²) in [6.45, 7) is 0. The second kappa shape index (κ2) is 1.95. The van der Waals surface area contributed by atoms with E-state index in [0.29, 0.717) is 0 Å². The van der Waals surface area contributed by atoms with Crippen LogP contribution < -0.4 is 11.4 Å². The van der Waals surface area contributed by atoms with Gasteiger partial charge in [0.15, 0.2) is 0 Å². The highest BCUT2D eigenvalue weighted by atomic mass is 16.1. The molecule has 0 aromatic carbocycles. The Balaban J connectivity index is 2.57. The van der Waals surface area contributed by atoms with Crippen molar-refractivity contribution in [2.75, 3.05) is 5.73 Å². The van der Waals surface area contributed by atoms with Crippen LogP contribution in [-0.4, -0.2) is 9.55 Å². The van der Waals surface area contributed by atoms with Crippen molar-refractivity contribution in [3.63, 3.8) is 0 Å². The van der Waals surface area contributed by atoms with Crippen molar-refractivity contribution in [1.29, 1.82) is 0 Å². The van der Waals surface area contributed by atoms with Gasteiger partial charge in [0, 0.05) is 18.3 Å². The third-order valence-corrected chi connectivity index (χ3v) is 1.52. The van der Waals surface area contributed by atoms with Crippen LogP contribution in [0.4, 0.5) is 5.82 Å². The lowest BCUT2D eigenvalue weighted by Gasteiger charge is -1.97. The maximum atomic E-state index is 11.1. The van der Waals surface area contributed by atoms with Gasteiger partial charge in [0.1, 0.15) is 5.82 Å². The first-order valence-corrected chi connectivity index (χ1v) is 3.32. The van der Waals surface area contributed by atoms with E-state index in [2.05, 4.69) is 4.98 Å². The molecule has 2 rings (SSSR count). The molecular weight excluding hydrogens is 142 g/mol. The van der Waals surface area contributed by atoms with E-state index in [-0.39, 0.29) is 11.5 Å². The van der Waals surface area contributed by atoms with Gasteiger partial charge < -0.3 is 5.73 Å². The van der Waals surface area contributed by atoms with Crippen LogP contribution in [0.2, 0.25) is 0 Å². The average Bonchev–Trinajstić information content (AvgIpc) is 2.70. The second-order valence-corrected chi connectivity index (χ2v) is 2.40. The first-order valence-electron chi connectivity index (χ1n) is 3.32. The van der Waals surface area contributed by atoms with E-state index < -0.39 is 0 Å². The molecule has 0 bridgehead atoms. The highest BCUT2D eigenvalue weighted by Crippen LogP contribution is 2.21. The maximum absolute atomic E-state index is 11.1. The molecule has 0 spiro atoms. The highest BCUT2D eigenvalue weighted by molar-refractivity contribution is 5.60. The molecule has 0 aliphatic heterocycles. The molecule has 1 aliphatic rings. The minimum absolute atomic E-state index is 0.271. The molecule has 11 heavy (non-hydrogen) atoms. The van der Waals surface area contributed by atoms with E-state index in [1.54, 1.807) is 12.3 Å². The Bertz CT molecular complexity index is 378. The molecule has 0 radical (unpaired) electrons. The molecule has 1 aromatic rings. The third-order valence-electron chi connectivity index (χ3n) is 1.52. The number of nitrogen functional groups attached to an aromatic ring is 1. The van der Waals surface area contributed by atoms with Crippen molar-refractivity contribution in [3.05, 3.63) is 28.8 Å². The quantitative estimate of drug-likeness (QED) is 0.614. The lowest BCUT2D eigenvalue weighted by Crippen LogP contribution is -2.20. The van der Waals surface area contributed by atoms with Crippen molar-refractivity contribution in [2.24, 2.45) is 0 Å². The Morgan fingerprint density at radius 1 is 1.64 bits per heavy atom. The molecule has 1 aliphatic carbocycles. The van der Waals surface area contributed by atoms with Gasteiger partial charge in [0.2, 0.25) is 0 Å². The first-order chi connectivity index (χ1) is 5.27. The number of hydrogen-bond acceptors (Lipinski definition) is 3. The molecule has 1 aromatic heterocycles. The number of nitrogens with zero attached hydrogens (tertiary/aromatic N) is 2. The first kappa shape index (κ1) is 6.15. The molecular formula is C7H7N3O. The predicted octanol–water partition coefficient (Wildman–Crippen LogP) is 0.0701. The molecule has 0 saturated heterocycles. The topological polar surface area (TPSA) is 60.9 Å². The van der Waals surface area contributed by atoms with Crippen molar-refractivity contribution in [3.8, 4) is 0 Å². The zero-order chi connectivity index (χ0) is 7.84. The number of hydrogen-bond donors (Lipinski definition) is 1. The Morgan fingerprint density at radius 2 is 2.36 bits per heavy atom. The monoisotopic (exact) mass is 149 g/mol. The molecule has 4 nitrogen and oxygen atoms in total. The van der Waals surface area contributed by atoms with Crippen LogP contribution in [0.25, 0.3) is 5.70 Å². The number of anilines is 1. The van der Waals surface area contributed by atoms with Crippen LogP contribution in [0, 0.1) is 0 Å². The zero-order valence-corrected chi connectivity index (χ0v) is 5.82. The summed E-state index contributed by atoms with van der Waals surface area (Å²) in [6.07, 6.45) is 4.48. The maximum Gasteiger partial charge on any atom is 0.353 e. The molecule has 4 heteroatoms. The van der Waals surface area contributed by atoms with Crippen molar-refractivity contribution in [2.45, 2.75) is 6.42 Å². The number of aromatic nitrogens is 2. The van der Waals surface area contributed by atoms with Crippen molar-refractivity contribution in [1.82, 2.24) is 9.55 Å². The van der Waals surface area contributed by atoms with Crippen LogP contribution in [0.3, 0.4) is 0 Å². The van der Waals surface area contributed by atoms with Gasteiger partial charge in [-0.15, -0.1) is 0 Å². The van der Waals surface area contributed by atoms with Gasteiger partial charge in [0.25, 0.3) is 0 Å². The minimum Gasteiger partial charge on any atom is -0.383 e. The normalized spacial score (nSPS) is 14.4. The van der Waals surface area contributed by atoms with Crippen LogP contribution in [-0.2, 0) is 0 Å². The average molecular weight is 149 g/mol. The second-order valence-electron chi connectivity index (χ2n) is 2.40. The summed E-state index contributed by atoms with van der Waals surface area (Å²) in [7, 11) is 0. The summed E-state index contributed by atoms with van der Waals surface area (Å²) in [5.41, 5.74) is 6.01. The fraction of sp³-hybridized carbons (Fsp3) is 0.143. The number of nitrogens with two attached hydrogens (primary N) is 1. The lowest BCUT2D eigenvalue weighted by molar-refractivity contribution is 0.947. The van der Waals surface area contributed by atoms with Gasteiger partial charge in [-0.1, -0.05) is 6.08 Å². The van der Waals surface area contributed by atoms with Crippen LogP contribution in [0.15, 0.2) is 23.1 Å². The van der Waals surface area contributed by atoms with E-state index in [9.17, 15) is 4.79 Å². The molecule has 1 heterocycles. The largest absolute Gasteiger partial charge is 0.383 e. The molecule has 0 saturated carbocycles. The Hall–Kier alpha value is -1.58. The van der Waals surface area contributed by atoms with E-state index in [0.717, 1.165) is 12.1 Å². The van der Waals surface area contributed by atoms with Gasteiger partial charge in [-0.3, -0.25) is 4.57 Å². The standard InChI is InChI=1S/C7H7N3O/c8-6-3-4-10(5-1-2-5)7(11)9-6/h1,3-4H,2H2,(H2,8,9,11). The van der Waals surface area contributed by atoms with E-state index in [1.807, 2.05) is 6.08 Å². The van der Waals surface area contributed by atoms with Gasteiger partial charge >= 0.3 is 5.69 Å². The lowest BCUT2D eigenvalue weighted by atomic mass is 10.6. The van der Waals surface area contributed by atoms with Crippen molar-refractivity contribution < 1.29 is 0 Å². The van der Waals surface area contributed by atoms with Crippen LogP contribution >= 0.6 is 0 Å². The molecule has 0 amide bonds. The Kier molecular flexibility index (Phi) is 1.09. The van der Waals surface area contributed by atoms with Crippen LogP contribution in [0.1, 0.15) is 6.42 Å². The Morgan fingerprint density at radius 3 is 2.91 bits per heavy atom. The summed E-state index contributed by atoms with van der Waals surface area (Å²) in [4.78, 5) is 14.6.